The molecule has 1 saturated carbocycles. The van der Waals surface area contributed by atoms with Crippen LogP contribution in [-0.2, 0) is 4.79 Å². The molecule has 0 aromatic rings. The summed E-state index contributed by atoms with van der Waals surface area (Å²) >= 11 is 0. The van der Waals surface area contributed by atoms with Crippen LogP contribution < -0.4 is 5.73 Å². The predicted octanol–water partition coefficient (Wildman–Crippen LogP) is 1.38. The summed E-state index contributed by atoms with van der Waals surface area (Å²) in [6.07, 6.45) is 5.82. The van der Waals surface area contributed by atoms with Gasteiger partial charge in [0.15, 0.2) is 5.78 Å². The minimum Gasteiger partial charge on any atom is -0.399 e. The minimum atomic E-state index is 0.209. The standard InChI is InChI=1S/C10H13NO/c1-6-4-7-2-3-8(11)5-9(7)10(6)12/h3,5-7H,2,4,11H2,1H3. The smallest absolute Gasteiger partial charge is 0.162 e. The van der Waals surface area contributed by atoms with Crippen LogP contribution in [0.25, 0.3) is 0 Å². The quantitative estimate of drug-likeness (QED) is 0.586. The Hall–Kier alpha value is -1.05. The fourth-order valence-electron chi connectivity index (χ4n) is 2.08. The van der Waals surface area contributed by atoms with Crippen molar-refractivity contribution in [1.29, 1.82) is 0 Å². The van der Waals surface area contributed by atoms with Crippen LogP contribution in [0.5, 0.6) is 0 Å². The Labute approximate surface area is 72.1 Å². The highest BCUT2D eigenvalue weighted by Gasteiger charge is 2.34. The first kappa shape index (κ1) is 7.59. The molecule has 2 aliphatic carbocycles. The summed E-state index contributed by atoms with van der Waals surface area (Å²) in [7, 11) is 0. The molecule has 2 nitrogen and oxygen atoms in total. The maximum Gasteiger partial charge on any atom is 0.162 e. The van der Waals surface area contributed by atoms with Gasteiger partial charge >= 0.3 is 0 Å². The van der Waals surface area contributed by atoms with E-state index in [-0.39, 0.29) is 5.92 Å². The van der Waals surface area contributed by atoms with Crippen LogP contribution >= 0.6 is 0 Å². The predicted molar refractivity (Wildman–Crippen MR) is 47.2 cm³/mol. The molecule has 0 aliphatic heterocycles. The fraction of sp³-hybridized carbons (Fsp3) is 0.500. The molecule has 0 heterocycles. The Morgan fingerprint density at radius 2 is 2.33 bits per heavy atom. The van der Waals surface area contributed by atoms with Crippen molar-refractivity contribution >= 4 is 5.78 Å². The van der Waals surface area contributed by atoms with Crippen molar-refractivity contribution in [3.63, 3.8) is 0 Å². The van der Waals surface area contributed by atoms with Crippen molar-refractivity contribution in [3.05, 3.63) is 23.4 Å². The van der Waals surface area contributed by atoms with Crippen LogP contribution in [0.4, 0.5) is 0 Å². The molecule has 2 N–H and O–H groups in total. The largest absolute Gasteiger partial charge is 0.399 e. The number of hydrogen-bond donors (Lipinski definition) is 1. The second-order valence-corrected chi connectivity index (χ2v) is 3.74. The summed E-state index contributed by atoms with van der Waals surface area (Å²) in [5, 5.41) is 0. The minimum absolute atomic E-state index is 0.209. The highest BCUT2D eigenvalue weighted by molar-refractivity contribution is 6.00. The second-order valence-electron chi connectivity index (χ2n) is 3.74. The van der Waals surface area contributed by atoms with E-state index in [1.807, 2.05) is 19.1 Å². The number of fused-ring (bicyclic) bond motifs is 1. The van der Waals surface area contributed by atoms with Gasteiger partial charge in [-0.05, 0) is 24.8 Å². The van der Waals surface area contributed by atoms with Gasteiger partial charge in [-0.15, -0.1) is 0 Å². The molecular formula is C10H13NO. The lowest BCUT2D eigenvalue weighted by Crippen LogP contribution is -2.09. The molecule has 0 amide bonds. The van der Waals surface area contributed by atoms with E-state index in [0.29, 0.717) is 11.7 Å². The van der Waals surface area contributed by atoms with Gasteiger partial charge in [-0.1, -0.05) is 13.0 Å². The molecule has 2 unspecified atom stereocenters. The Morgan fingerprint density at radius 3 is 3.08 bits per heavy atom. The third kappa shape index (κ3) is 0.986. The average Bonchev–Trinajstić information content (AvgIpc) is 2.31. The summed E-state index contributed by atoms with van der Waals surface area (Å²) < 4.78 is 0. The number of carbonyl (C=O) groups excluding carboxylic acids is 1. The highest BCUT2D eigenvalue weighted by atomic mass is 16.1. The van der Waals surface area contributed by atoms with E-state index >= 15 is 0 Å². The summed E-state index contributed by atoms with van der Waals surface area (Å²) in [5.74, 6) is 0.969. The van der Waals surface area contributed by atoms with E-state index < -0.39 is 0 Å². The Kier molecular flexibility index (Phi) is 1.56. The van der Waals surface area contributed by atoms with Gasteiger partial charge in [-0.2, -0.15) is 0 Å². The Balaban J connectivity index is 2.34. The molecule has 0 radical (unpaired) electrons. The van der Waals surface area contributed by atoms with Crippen molar-refractivity contribution in [2.45, 2.75) is 19.8 Å². The number of rotatable bonds is 0. The van der Waals surface area contributed by atoms with Crippen molar-refractivity contribution in [2.75, 3.05) is 0 Å². The van der Waals surface area contributed by atoms with Gasteiger partial charge in [-0.25, -0.2) is 0 Å². The zero-order valence-electron chi connectivity index (χ0n) is 7.21. The van der Waals surface area contributed by atoms with Crippen molar-refractivity contribution in [2.24, 2.45) is 17.6 Å². The maximum absolute atomic E-state index is 11.5. The van der Waals surface area contributed by atoms with Gasteiger partial charge in [0, 0.05) is 17.2 Å². The lowest BCUT2D eigenvalue weighted by molar-refractivity contribution is -0.117. The van der Waals surface area contributed by atoms with E-state index in [1.165, 1.54) is 0 Å². The molecule has 2 rings (SSSR count). The number of ketones is 1. The summed E-state index contributed by atoms with van der Waals surface area (Å²) in [5.41, 5.74) is 7.34. The van der Waals surface area contributed by atoms with E-state index in [9.17, 15) is 4.79 Å². The van der Waals surface area contributed by atoms with Crippen LogP contribution in [0.1, 0.15) is 19.8 Å². The Morgan fingerprint density at radius 1 is 1.58 bits per heavy atom. The lowest BCUT2D eigenvalue weighted by Gasteiger charge is -2.12. The molecule has 2 atom stereocenters. The monoisotopic (exact) mass is 163 g/mol. The Bertz CT molecular complexity index is 288. The van der Waals surface area contributed by atoms with Crippen LogP contribution in [0, 0.1) is 11.8 Å². The third-order valence-electron chi connectivity index (χ3n) is 2.77. The van der Waals surface area contributed by atoms with Crippen molar-refractivity contribution < 1.29 is 4.79 Å². The number of nitrogens with two attached hydrogens (primary N) is 1. The molecular weight excluding hydrogens is 150 g/mol. The summed E-state index contributed by atoms with van der Waals surface area (Å²) in [6, 6.07) is 0. The van der Waals surface area contributed by atoms with Gasteiger partial charge in [-0.3, -0.25) is 4.79 Å². The van der Waals surface area contributed by atoms with E-state index in [4.69, 9.17) is 5.73 Å². The van der Waals surface area contributed by atoms with E-state index in [1.54, 1.807) is 0 Å². The van der Waals surface area contributed by atoms with Gasteiger partial charge in [0.2, 0.25) is 0 Å². The number of hydrogen-bond acceptors (Lipinski definition) is 2. The van der Waals surface area contributed by atoms with Crippen LogP contribution in [0.3, 0.4) is 0 Å². The summed E-state index contributed by atoms with van der Waals surface area (Å²) in [6.45, 7) is 2.00. The van der Waals surface area contributed by atoms with Gasteiger partial charge in [0.25, 0.3) is 0 Å². The first-order valence-corrected chi connectivity index (χ1v) is 4.40. The molecule has 0 spiro atoms. The number of Topliss-reactive ketones (excluding diaryl/α,β-unsaturated/α-hetero) is 1. The van der Waals surface area contributed by atoms with E-state index in [0.717, 1.165) is 24.1 Å². The SMILES string of the molecule is CC1CC2CC=C(N)C=C2C1=O. The highest BCUT2D eigenvalue weighted by Crippen LogP contribution is 2.37. The molecule has 2 heteroatoms. The first-order valence-electron chi connectivity index (χ1n) is 4.40. The molecule has 64 valence electrons. The average molecular weight is 163 g/mol. The summed E-state index contributed by atoms with van der Waals surface area (Å²) in [4.78, 5) is 11.5. The van der Waals surface area contributed by atoms with Crippen LogP contribution in [0.2, 0.25) is 0 Å². The van der Waals surface area contributed by atoms with Gasteiger partial charge < -0.3 is 5.73 Å². The van der Waals surface area contributed by atoms with Crippen LogP contribution in [0.15, 0.2) is 23.4 Å². The zero-order valence-corrected chi connectivity index (χ0v) is 7.21. The van der Waals surface area contributed by atoms with Crippen molar-refractivity contribution in [3.8, 4) is 0 Å². The molecule has 0 saturated heterocycles. The van der Waals surface area contributed by atoms with Crippen LogP contribution in [-0.4, -0.2) is 5.78 Å². The zero-order chi connectivity index (χ0) is 8.72. The fourth-order valence-corrected chi connectivity index (χ4v) is 2.08. The molecule has 2 aliphatic rings. The molecule has 12 heavy (non-hydrogen) atoms. The lowest BCUT2D eigenvalue weighted by atomic mass is 9.93. The molecule has 0 aromatic heterocycles. The topological polar surface area (TPSA) is 43.1 Å². The number of allylic oxidation sites excluding steroid dienone is 3. The van der Waals surface area contributed by atoms with Gasteiger partial charge in [0.05, 0.1) is 0 Å². The first-order chi connectivity index (χ1) is 5.68. The second kappa shape index (κ2) is 2.47. The third-order valence-corrected chi connectivity index (χ3v) is 2.77. The molecule has 1 fully saturated rings. The normalized spacial score (nSPS) is 34.2. The molecule has 0 aromatic carbocycles. The molecule has 0 bridgehead atoms. The number of carbonyl (C=O) groups is 1. The van der Waals surface area contributed by atoms with Gasteiger partial charge in [0.1, 0.15) is 0 Å². The van der Waals surface area contributed by atoms with Crippen molar-refractivity contribution in [1.82, 2.24) is 0 Å². The van der Waals surface area contributed by atoms with E-state index in [2.05, 4.69) is 0 Å². The maximum atomic E-state index is 11.5.